The number of rotatable bonds is 45. The van der Waals surface area contributed by atoms with E-state index in [0.717, 1.165) is 70.6 Å². The van der Waals surface area contributed by atoms with E-state index in [1.165, 1.54) is 109 Å². The van der Waals surface area contributed by atoms with Gasteiger partial charge < -0.3 is 23.8 Å². The summed E-state index contributed by atoms with van der Waals surface area (Å²) in [5, 5.41) is 9.64. The molecule has 0 saturated heterocycles. The molecule has 0 fully saturated rings. The minimum absolute atomic E-state index is 0.0452. The van der Waals surface area contributed by atoms with Crippen LogP contribution in [-0.2, 0) is 28.6 Å². The van der Waals surface area contributed by atoms with E-state index < -0.39 is 18.1 Å². The number of hydrogen-bond donors (Lipinski definition) is 1. The van der Waals surface area contributed by atoms with Crippen LogP contribution in [0.2, 0.25) is 0 Å². The van der Waals surface area contributed by atoms with Gasteiger partial charge in [-0.15, -0.1) is 0 Å². The van der Waals surface area contributed by atoms with Crippen LogP contribution in [0.25, 0.3) is 0 Å². The van der Waals surface area contributed by atoms with E-state index in [-0.39, 0.29) is 42.7 Å². The van der Waals surface area contributed by atoms with Gasteiger partial charge in [0.1, 0.15) is 6.61 Å². The summed E-state index contributed by atoms with van der Waals surface area (Å²) in [7, 11) is 5.52. The molecule has 0 aromatic carbocycles. The number of carboxylic acids is 1. The smallest absolute Gasteiger partial charge is 0.362 e. The van der Waals surface area contributed by atoms with Crippen molar-refractivity contribution in [2.75, 3.05) is 41.0 Å². The van der Waals surface area contributed by atoms with Crippen LogP contribution in [0.3, 0.4) is 0 Å². The molecule has 1 N–H and O–H groups in total. The maximum atomic E-state index is 12.8. The van der Waals surface area contributed by atoms with Crippen LogP contribution in [0.4, 0.5) is 0 Å². The summed E-state index contributed by atoms with van der Waals surface area (Å²) in [6.07, 6.45) is 55.6. The minimum atomic E-state index is -0.882. The molecule has 0 rings (SSSR count). The molecule has 0 aliphatic rings. The summed E-state index contributed by atoms with van der Waals surface area (Å²) < 4.78 is 17.3. The lowest BCUT2D eigenvalue weighted by molar-refractivity contribution is -0.887. The number of quaternary nitrogens is 1. The van der Waals surface area contributed by atoms with Gasteiger partial charge in [-0.2, -0.15) is 0 Å². The van der Waals surface area contributed by atoms with Crippen molar-refractivity contribution in [2.24, 2.45) is 0 Å². The van der Waals surface area contributed by atoms with Gasteiger partial charge in [-0.3, -0.25) is 9.59 Å². The predicted molar refractivity (Wildman–Crippen MR) is 261 cm³/mol. The molecule has 0 saturated carbocycles. The van der Waals surface area contributed by atoms with Crippen LogP contribution in [0.5, 0.6) is 0 Å². The number of likely N-dealkylation sites (N-methyl/N-ethyl adjacent to an activating group) is 1. The van der Waals surface area contributed by atoms with E-state index in [4.69, 9.17) is 14.2 Å². The Morgan fingerprint density at radius 1 is 0.500 bits per heavy atom. The quantitative estimate of drug-likeness (QED) is 0.0282. The summed E-state index contributed by atoms with van der Waals surface area (Å²) in [6, 6.07) is -0.624. The van der Waals surface area contributed by atoms with Crippen LogP contribution in [0.1, 0.15) is 213 Å². The SMILES string of the molecule is CC/C=C/C/C=C/C/C=C/C/C=C/CCCCCC(=O)OC(COCCC(C(=O)O)[N+](C)(C)C)COC(=O)CCCCCCCCC/C=C/CCCCCCCCCCCCC. The Morgan fingerprint density at radius 3 is 1.37 bits per heavy atom. The van der Waals surface area contributed by atoms with Gasteiger partial charge in [-0.1, -0.05) is 177 Å². The highest BCUT2D eigenvalue weighted by Gasteiger charge is 2.31. The summed E-state index contributed by atoms with van der Waals surface area (Å²) in [6.45, 7) is 4.60. The normalized spacial score (nSPS) is 13.4. The Labute approximate surface area is 381 Å². The second-order valence-corrected chi connectivity index (χ2v) is 18.0. The lowest BCUT2D eigenvalue weighted by Gasteiger charge is -2.31. The molecule has 0 aromatic heterocycles. The average Bonchev–Trinajstić information content (AvgIpc) is 3.23. The van der Waals surface area contributed by atoms with Crippen molar-refractivity contribution in [1.82, 2.24) is 0 Å². The third kappa shape index (κ3) is 42.3. The fraction of sp³-hybridized carbons (Fsp3) is 0.759. The van der Waals surface area contributed by atoms with E-state index in [0.29, 0.717) is 12.8 Å². The molecule has 8 heteroatoms. The highest BCUT2D eigenvalue weighted by Crippen LogP contribution is 2.15. The van der Waals surface area contributed by atoms with Gasteiger partial charge in [-0.25, -0.2) is 4.79 Å². The zero-order chi connectivity index (χ0) is 45.6. The maximum Gasteiger partial charge on any atom is 0.362 e. The summed E-state index contributed by atoms with van der Waals surface area (Å²) in [4.78, 5) is 37.1. The first-order chi connectivity index (χ1) is 30.1. The number of carbonyl (C=O) groups excluding carboxylic acids is 2. The van der Waals surface area contributed by atoms with E-state index >= 15 is 0 Å². The monoisotopic (exact) mass is 871 g/mol. The maximum absolute atomic E-state index is 12.8. The molecule has 0 aliphatic heterocycles. The van der Waals surface area contributed by atoms with Crippen molar-refractivity contribution in [1.29, 1.82) is 0 Å². The van der Waals surface area contributed by atoms with E-state index in [1.807, 2.05) is 21.1 Å². The van der Waals surface area contributed by atoms with E-state index in [1.54, 1.807) is 0 Å². The molecule has 2 unspecified atom stereocenters. The first-order valence-electron chi connectivity index (χ1n) is 25.3. The lowest BCUT2D eigenvalue weighted by Crippen LogP contribution is -2.50. The van der Waals surface area contributed by atoms with Gasteiger partial charge >= 0.3 is 17.9 Å². The number of hydrogen-bond acceptors (Lipinski definition) is 6. The zero-order valence-corrected chi connectivity index (χ0v) is 40.8. The highest BCUT2D eigenvalue weighted by molar-refractivity contribution is 5.72. The first kappa shape index (κ1) is 59.0. The summed E-state index contributed by atoms with van der Waals surface area (Å²) >= 11 is 0. The van der Waals surface area contributed by atoms with Crippen LogP contribution in [-0.4, -0.2) is 80.6 Å². The molecule has 0 aliphatic carbocycles. The third-order valence-electron chi connectivity index (χ3n) is 11.2. The van der Waals surface area contributed by atoms with E-state index in [9.17, 15) is 19.5 Å². The van der Waals surface area contributed by atoms with Gasteiger partial charge in [0.15, 0.2) is 12.1 Å². The van der Waals surface area contributed by atoms with Gasteiger partial charge in [0, 0.05) is 19.3 Å². The zero-order valence-electron chi connectivity index (χ0n) is 40.8. The number of carboxylic acid groups (broad SMARTS) is 1. The number of ether oxygens (including phenoxy) is 3. The molecule has 0 radical (unpaired) electrons. The largest absolute Gasteiger partial charge is 0.477 e. The Kier molecular flexibility index (Phi) is 42.5. The lowest BCUT2D eigenvalue weighted by atomic mass is 10.0. The van der Waals surface area contributed by atoms with Crippen molar-refractivity contribution < 1.29 is 38.2 Å². The third-order valence-corrected chi connectivity index (χ3v) is 11.2. The molecule has 0 spiro atoms. The first-order valence-corrected chi connectivity index (χ1v) is 25.3. The summed E-state index contributed by atoms with van der Waals surface area (Å²) in [5.41, 5.74) is 0. The second kappa shape index (κ2) is 44.6. The molecule has 358 valence electrons. The Morgan fingerprint density at radius 2 is 0.903 bits per heavy atom. The van der Waals surface area contributed by atoms with Gasteiger partial charge in [0.25, 0.3) is 0 Å². The van der Waals surface area contributed by atoms with Crippen molar-refractivity contribution in [2.45, 2.75) is 225 Å². The molecule has 0 aromatic rings. The molecule has 0 heterocycles. The number of nitrogens with zero attached hydrogens (tertiary/aromatic N) is 1. The van der Waals surface area contributed by atoms with Gasteiger partial charge in [0.2, 0.25) is 0 Å². The number of carbonyl (C=O) groups is 3. The van der Waals surface area contributed by atoms with Crippen LogP contribution < -0.4 is 0 Å². The number of aliphatic carboxylic acids is 1. The Balaban J connectivity index is 4.27. The number of unbranched alkanes of at least 4 members (excludes halogenated alkanes) is 21. The summed E-state index contributed by atoms with van der Waals surface area (Å²) in [5.74, 6) is -1.51. The van der Waals surface area contributed by atoms with Crippen LogP contribution in [0, 0.1) is 0 Å². The molecule has 0 bridgehead atoms. The van der Waals surface area contributed by atoms with Crippen LogP contribution in [0.15, 0.2) is 60.8 Å². The Hall–Kier alpha value is -2.97. The van der Waals surface area contributed by atoms with Crippen LogP contribution >= 0.6 is 0 Å². The minimum Gasteiger partial charge on any atom is -0.477 e. The molecular weight excluding hydrogens is 775 g/mol. The van der Waals surface area contributed by atoms with Gasteiger partial charge in [0.05, 0.1) is 34.4 Å². The van der Waals surface area contributed by atoms with Crippen molar-refractivity contribution in [3.8, 4) is 0 Å². The predicted octanol–water partition coefficient (Wildman–Crippen LogP) is 14.5. The Bertz CT molecular complexity index is 1200. The number of esters is 2. The van der Waals surface area contributed by atoms with Crippen molar-refractivity contribution in [3.63, 3.8) is 0 Å². The standard InChI is InChI=1S/C54H95NO7/c1-6-8-10-12-14-16-18-20-22-24-25-26-27-28-29-31-32-34-36-38-40-42-44-52(56)61-49-50(48-60-47-46-51(54(58)59)55(3,4)5)62-53(57)45-43-41-39-37-35-33-30-23-21-19-17-15-13-11-9-7-2/h9,11,15,17,21,23,27-28,33,35,50-51H,6-8,10,12-14,16,18-20,22,24-26,29-32,34,36-49H2,1-5H3/p+1/b11-9+,17-15+,23-21+,28-27+,35-33+. The molecule has 62 heavy (non-hydrogen) atoms. The fourth-order valence-electron chi connectivity index (χ4n) is 7.25. The second-order valence-electron chi connectivity index (χ2n) is 18.0. The van der Waals surface area contributed by atoms with E-state index in [2.05, 4.69) is 74.6 Å². The number of allylic oxidation sites excluding steroid dienone is 10. The molecule has 8 nitrogen and oxygen atoms in total. The topological polar surface area (TPSA) is 99.1 Å². The highest BCUT2D eigenvalue weighted by atomic mass is 16.6. The molecular formula is C54H96NO7+. The average molecular weight is 871 g/mol. The van der Waals surface area contributed by atoms with Crippen molar-refractivity contribution in [3.05, 3.63) is 60.8 Å². The molecule has 0 amide bonds. The van der Waals surface area contributed by atoms with Gasteiger partial charge in [-0.05, 0) is 77.0 Å². The molecule has 2 atom stereocenters. The van der Waals surface area contributed by atoms with Crippen molar-refractivity contribution >= 4 is 17.9 Å². The fourth-order valence-corrected chi connectivity index (χ4v) is 7.25.